The summed E-state index contributed by atoms with van der Waals surface area (Å²) in [6, 6.07) is 4.99. The molecule has 250 valence electrons. The van der Waals surface area contributed by atoms with Gasteiger partial charge in [-0.2, -0.15) is 23.0 Å². The summed E-state index contributed by atoms with van der Waals surface area (Å²) in [5.41, 5.74) is 3.17. The van der Waals surface area contributed by atoms with Crippen molar-refractivity contribution in [3.63, 3.8) is 0 Å². The van der Waals surface area contributed by atoms with Crippen molar-refractivity contribution in [2.45, 2.75) is 89.3 Å². The number of benzene rings is 1. The largest absolute Gasteiger partial charge is 0.481 e. The van der Waals surface area contributed by atoms with E-state index in [2.05, 4.69) is 0 Å². The molecule has 46 heavy (non-hydrogen) atoms. The summed E-state index contributed by atoms with van der Waals surface area (Å²) < 4.78 is 45.2. The normalized spacial score (nSPS) is 24.6. The highest BCUT2D eigenvalue weighted by Crippen LogP contribution is 2.43. The molecule has 0 saturated carbocycles. The molecule has 1 aromatic carbocycles. The van der Waals surface area contributed by atoms with Crippen LogP contribution in [0.25, 0.3) is 5.57 Å². The van der Waals surface area contributed by atoms with Gasteiger partial charge in [0.1, 0.15) is 0 Å². The van der Waals surface area contributed by atoms with Crippen LogP contribution >= 0.6 is 11.6 Å². The first-order chi connectivity index (χ1) is 21.8. The van der Waals surface area contributed by atoms with Gasteiger partial charge in [0.25, 0.3) is 5.91 Å². The molecule has 0 radical (unpaired) electrons. The number of alkyl halides is 3. The Bertz CT molecular complexity index is 1540. The van der Waals surface area contributed by atoms with Crippen LogP contribution in [0.2, 0.25) is 5.02 Å². The van der Waals surface area contributed by atoms with Crippen molar-refractivity contribution < 1.29 is 37.8 Å². The minimum absolute atomic E-state index is 0.0594. The van der Waals surface area contributed by atoms with Crippen LogP contribution in [0.4, 0.5) is 13.2 Å². The molecule has 13 heteroatoms. The van der Waals surface area contributed by atoms with E-state index in [9.17, 15) is 33.1 Å². The Kier molecular flexibility index (Phi) is 9.14. The van der Waals surface area contributed by atoms with Gasteiger partial charge in [-0.05, 0) is 81.9 Å². The standard InChI is InChI=1S/C33H40ClF3N4O5/c1-31(41(45)39-16-15-32(18-39)19-46-20-32)14-12-24-26(17-31)40(38-28(24)22-8-10-23(11-9-22)30(43)44)29(42)27-21(6-4-7-25(27)34)5-2-3-13-33(35,36)37/h4,6-8,23,45H,2-3,5,9-20H2,1H3,(H,43,44)/t23-,31+/m0/s1. The van der Waals surface area contributed by atoms with Crippen molar-refractivity contribution in [2.24, 2.45) is 11.3 Å². The van der Waals surface area contributed by atoms with E-state index < -0.39 is 35.9 Å². The van der Waals surface area contributed by atoms with Crippen LogP contribution < -0.4 is 0 Å². The zero-order chi connectivity index (χ0) is 32.9. The summed E-state index contributed by atoms with van der Waals surface area (Å²) in [6.45, 7) is 4.71. The monoisotopic (exact) mass is 664 g/mol. The van der Waals surface area contributed by atoms with Gasteiger partial charge in [0, 0.05) is 36.9 Å². The fourth-order valence-electron chi connectivity index (χ4n) is 7.45. The first kappa shape index (κ1) is 33.1. The van der Waals surface area contributed by atoms with E-state index in [-0.39, 0.29) is 35.3 Å². The van der Waals surface area contributed by atoms with Crippen molar-refractivity contribution in [1.29, 1.82) is 0 Å². The molecule has 2 aliphatic carbocycles. The van der Waals surface area contributed by atoms with Crippen LogP contribution in [0.15, 0.2) is 24.3 Å². The predicted molar refractivity (Wildman–Crippen MR) is 163 cm³/mol. The molecular weight excluding hydrogens is 625 g/mol. The van der Waals surface area contributed by atoms with E-state index in [1.165, 1.54) is 9.85 Å². The smallest absolute Gasteiger partial charge is 0.389 e. The number of aliphatic carboxylic acids is 1. The first-order valence-electron chi connectivity index (χ1n) is 16.0. The van der Waals surface area contributed by atoms with Crippen molar-refractivity contribution in [3.8, 4) is 0 Å². The number of allylic oxidation sites excluding steroid dienone is 2. The molecule has 9 nitrogen and oxygen atoms in total. The van der Waals surface area contributed by atoms with Crippen molar-refractivity contribution in [1.82, 2.24) is 20.0 Å². The minimum Gasteiger partial charge on any atom is -0.481 e. The number of carboxylic acids is 1. The molecule has 2 fully saturated rings. The Morgan fingerprint density at radius 2 is 1.98 bits per heavy atom. The number of unbranched alkanes of at least 4 members (excludes halogenated alkanes) is 1. The van der Waals surface area contributed by atoms with Gasteiger partial charge in [0.2, 0.25) is 0 Å². The molecule has 2 N–H and O–H groups in total. The zero-order valence-corrected chi connectivity index (χ0v) is 26.7. The molecule has 4 aliphatic rings. The lowest BCUT2D eigenvalue weighted by atomic mass is 9.79. The summed E-state index contributed by atoms with van der Waals surface area (Å²) in [4.78, 5) is 26.0. The summed E-state index contributed by atoms with van der Waals surface area (Å²) in [6.07, 6.45) is 0.903. The molecule has 1 aromatic heterocycles. The molecule has 6 rings (SSSR count). The van der Waals surface area contributed by atoms with Gasteiger partial charge in [-0.1, -0.05) is 29.8 Å². The highest BCUT2D eigenvalue weighted by atomic mass is 35.5. The number of ether oxygens (including phenoxy) is 1. The molecule has 2 aliphatic heterocycles. The Labute approximate surface area is 270 Å². The quantitative estimate of drug-likeness (QED) is 0.236. The van der Waals surface area contributed by atoms with Crippen LogP contribution in [0.3, 0.4) is 0 Å². The second-order valence-corrected chi connectivity index (χ2v) is 14.1. The number of hydrogen-bond acceptors (Lipinski definition) is 7. The van der Waals surface area contributed by atoms with Gasteiger partial charge >= 0.3 is 12.1 Å². The summed E-state index contributed by atoms with van der Waals surface area (Å²) in [7, 11) is 0. The molecule has 2 saturated heterocycles. The Balaban J connectivity index is 1.33. The number of aromatic nitrogens is 2. The number of carbonyl (C=O) groups excluding carboxylic acids is 1. The second kappa shape index (κ2) is 12.7. The SMILES string of the molecule is C[C@@]1(N(O)N2CCC3(COC3)C2)CCc2c(C3=CC[C@H](C(=O)O)CC3)nn(C(=O)c3c(Cl)cccc3CCCCC(F)(F)F)c2C1. The third kappa shape index (κ3) is 6.51. The predicted octanol–water partition coefficient (Wildman–Crippen LogP) is 6.34. The maximum atomic E-state index is 14.4. The molecule has 2 aromatic rings. The fourth-order valence-corrected chi connectivity index (χ4v) is 7.72. The van der Waals surface area contributed by atoms with Crippen LogP contribution in [0, 0.1) is 11.3 Å². The van der Waals surface area contributed by atoms with Gasteiger partial charge in [0.05, 0.1) is 46.6 Å². The van der Waals surface area contributed by atoms with E-state index in [1.54, 1.807) is 18.2 Å². The van der Waals surface area contributed by atoms with Crippen LogP contribution in [-0.2, 0) is 28.8 Å². The van der Waals surface area contributed by atoms with Gasteiger partial charge < -0.3 is 9.84 Å². The van der Waals surface area contributed by atoms with Gasteiger partial charge in [-0.25, -0.2) is 5.01 Å². The summed E-state index contributed by atoms with van der Waals surface area (Å²) >= 11 is 6.61. The first-order valence-corrected chi connectivity index (χ1v) is 16.4. The van der Waals surface area contributed by atoms with E-state index in [0.717, 1.165) is 17.6 Å². The number of hydrogen-bond donors (Lipinski definition) is 2. The van der Waals surface area contributed by atoms with Crippen molar-refractivity contribution in [2.75, 3.05) is 26.3 Å². The highest BCUT2D eigenvalue weighted by molar-refractivity contribution is 6.34. The molecule has 2 atom stereocenters. The maximum Gasteiger partial charge on any atom is 0.389 e. The lowest BCUT2D eigenvalue weighted by Crippen LogP contribution is -2.57. The number of fused-ring (bicyclic) bond motifs is 1. The summed E-state index contributed by atoms with van der Waals surface area (Å²) in [5.74, 6) is -1.78. The third-order valence-electron chi connectivity index (χ3n) is 10.3. The highest BCUT2D eigenvalue weighted by Gasteiger charge is 2.50. The number of rotatable bonds is 9. The van der Waals surface area contributed by atoms with Crippen LogP contribution in [-0.4, -0.2) is 80.2 Å². The molecule has 3 heterocycles. The second-order valence-electron chi connectivity index (χ2n) is 13.7. The van der Waals surface area contributed by atoms with Crippen LogP contribution in [0.1, 0.15) is 91.2 Å². The fraction of sp³-hybridized carbons (Fsp3) is 0.606. The molecule has 1 spiro atoms. The number of carboxylic acid groups (broad SMARTS) is 1. The number of hydrazine groups is 1. The Morgan fingerprint density at radius 3 is 2.61 bits per heavy atom. The third-order valence-corrected chi connectivity index (χ3v) is 10.6. The number of aryl methyl sites for hydroxylation is 1. The van der Waals surface area contributed by atoms with Crippen molar-refractivity contribution in [3.05, 3.63) is 57.4 Å². The summed E-state index contributed by atoms with van der Waals surface area (Å²) in [5, 5.41) is 29.4. The maximum absolute atomic E-state index is 14.4. The Hall–Kier alpha value is -2.77. The van der Waals surface area contributed by atoms with Gasteiger partial charge in [-0.3, -0.25) is 14.8 Å². The number of hydroxylamine groups is 1. The lowest BCUT2D eigenvalue weighted by molar-refractivity contribution is -0.303. The van der Waals surface area contributed by atoms with E-state index >= 15 is 0 Å². The topological polar surface area (TPSA) is 108 Å². The average Bonchev–Trinajstić information content (AvgIpc) is 3.61. The van der Waals surface area contributed by atoms with Crippen molar-refractivity contribution >= 4 is 29.1 Å². The Morgan fingerprint density at radius 1 is 1.20 bits per heavy atom. The number of halogens is 4. The minimum atomic E-state index is -4.25. The molecule has 0 unspecified atom stereocenters. The van der Waals surface area contributed by atoms with E-state index in [4.69, 9.17) is 21.4 Å². The number of nitrogens with zero attached hydrogens (tertiary/aromatic N) is 4. The lowest BCUT2D eigenvalue weighted by Gasteiger charge is -2.45. The van der Waals surface area contributed by atoms with Gasteiger partial charge in [-0.15, -0.1) is 5.17 Å². The molecule has 0 bridgehead atoms. The molecule has 0 amide bonds. The molecular formula is C33H40ClF3N4O5. The zero-order valence-electron chi connectivity index (χ0n) is 25.9. The van der Waals surface area contributed by atoms with E-state index in [1.807, 2.05) is 18.0 Å². The number of carbonyl (C=O) groups is 2. The van der Waals surface area contributed by atoms with E-state index in [0.29, 0.717) is 81.8 Å². The van der Waals surface area contributed by atoms with Gasteiger partial charge in [0.15, 0.2) is 0 Å². The van der Waals surface area contributed by atoms with Crippen LogP contribution in [0.5, 0.6) is 0 Å². The average molecular weight is 665 g/mol.